The highest BCUT2D eigenvalue weighted by Gasteiger charge is 2.43. The number of hydrogen-bond acceptors (Lipinski definition) is 5. The molecule has 1 N–H and O–H groups in total. The molecule has 1 aromatic carbocycles. The molecule has 1 spiro atoms. The highest BCUT2D eigenvalue weighted by Crippen LogP contribution is 2.38. The quantitative estimate of drug-likeness (QED) is 0.649. The number of methoxy groups -OCH3 is 1. The standard InChI is InChI=1S/C24H35N3O4/c1-3-4-13-25-23(28)27-14-11-24(12-15-27)17-20(26-31-24)18-9-10-21(29-2)22(16-18)30-19-7-5-6-8-19/h9-10,16,19H,3-8,11-15,17H2,1-2H3,(H,25,28). The van der Waals surface area contributed by atoms with E-state index in [0.717, 1.165) is 74.3 Å². The molecule has 1 aliphatic carbocycles. The molecule has 0 unspecified atom stereocenters. The van der Waals surface area contributed by atoms with E-state index in [0.29, 0.717) is 13.1 Å². The van der Waals surface area contributed by atoms with Crippen molar-refractivity contribution >= 4 is 11.7 Å². The van der Waals surface area contributed by atoms with Crippen molar-refractivity contribution in [1.29, 1.82) is 0 Å². The lowest BCUT2D eigenvalue weighted by atomic mass is 9.85. The molecule has 2 heterocycles. The van der Waals surface area contributed by atoms with Crippen LogP contribution in [0.2, 0.25) is 0 Å². The number of urea groups is 1. The van der Waals surface area contributed by atoms with Crippen molar-refractivity contribution in [2.24, 2.45) is 5.16 Å². The van der Waals surface area contributed by atoms with E-state index in [1.54, 1.807) is 7.11 Å². The second kappa shape index (κ2) is 9.79. The molecule has 4 rings (SSSR count). The Hall–Kier alpha value is -2.44. The molecule has 1 aromatic rings. The summed E-state index contributed by atoms with van der Waals surface area (Å²) in [7, 11) is 1.67. The van der Waals surface area contributed by atoms with Gasteiger partial charge in [0.05, 0.1) is 18.9 Å². The van der Waals surface area contributed by atoms with E-state index in [1.165, 1.54) is 12.8 Å². The Morgan fingerprint density at radius 1 is 1.26 bits per heavy atom. The van der Waals surface area contributed by atoms with Gasteiger partial charge in [-0.1, -0.05) is 18.5 Å². The number of unbranched alkanes of at least 4 members (excludes halogenated alkanes) is 1. The molecule has 31 heavy (non-hydrogen) atoms. The van der Waals surface area contributed by atoms with Gasteiger partial charge in [-0.3, -0.25) is 0 Å². The second-order valence-electron chi connectivity index (χ2n) is 8.95. The minimum absolute atomic E-state index is 0.0336. The fraction of sp³-hybridized carbons (Fsp3) is 0.667. The highest BCUT2D eigenvalue weighted by molar-refractivity contribution is 6.02. The van der Waals surface area contributed by atoms with Crippen LogP contribution in [0.3, 0.4) is 0 Å². The Bertz CT molecular complexity index is 796. The van der Waals surface area contributed by atoms with E-state index in [2.05, 4.69) is 17.4 Å². The molecule has 3 aliphatic rings. The van der Waals surface area contributed by atoms with E-state index in [-0.39, 0.29) is 17.7 Å². The minimum atomic E-state index is -0.304. The molecule has 2 fully saturated rings. The third-order valence-corrected chi connectivity index (χ3v) is 6.70. The molecule has 2 aliphatic heterocycles. The van der Waals surface area contributed by atoms with Crippen LogP contribution in [-0.4, -0.2) is 55.1 Å². The molecule has 0 atom stereocenters. The van der Waals surface area contributed by atoms with Gasteiger partial charge in [0.2, 0.25) is 0 Å². The Labute approximate surface area is 185 Å². The summed E-state index contributed by atoms with van der Waals surface area (Å²) in [6, 6.07) is 6.05. The zero-order valence-corrected chi connectivity index (χ0v) is 18.8. The normalized spacial score (nSPS) is 20.5. The second-order valence-corrected chi connectivity index (χ2v) is 8.95. The number of nitrogens with one attached hydrogen (secondary N) is 1. The van der Waals surface area contributed by atoms with Crippen LogP contribution in [0.5, 0.6) is 11.5 Å². The van der Waals surface area contributed by atoms with E-state index < -0.39 is 0 Å². The Morgan fingerprint density at radius 2 is 2.03 bits per heavy atom. The summed E-state index contributed by atoms with van der Waals surface area (Å²) < 4.78 is 11.8. The monoisotopic (exact) mass is 429 g/mol. The van der Waals surface area contributed by atoms with Crippen LogP contribution in [0.15, 0.2) is 23.4 Å². The molecule has 2 amide bonds. The maximum absolute atomic E-state index is 12.3. The SMILES string of the molecule is CCCCNC(=O)N1CCC2(CC1)CC(c1ccc(OC)c(OC3CCCC3)c1)=NO2. The van der Waals surface area contributed by atoms with Crippen molar-refractivity contribution in [2.45, 2.75) is 76.4 Å². The molecule has 170 valence electrons. The van der Waals surface area contributed by atoms with Gasteiger partial charge in [-0.2, -0.15) is 0 Å². The van der Waals surface area contributed by atoms with Crippen molar-refractivity contribution < 1.29 is 19.1 Å². The maximum atomic E-state index is 12.3. The van der Waals surface area contributed by atoms with Gasteiger partial charge < -0.3 is 24.5 Å². The zero-order chi connectivity index (χ0) is 21.7. The van der Waals surface area contributed by atoms with Gasteiger partial charge in [0, 0.05) is 44.5 Å². The van der Waals surface area contributed by atoms with Crippen LogP contribution >= 0.6 is 0 Å². The van der Waals surface area contributed by atoms with Crippen molar-refractivity contribution in [2.75, 3.05) is 26.7 Å². The van der Waals surface area contributed by atoms with Gasteiger partial charge in [-0.15, -0.1) is 0 Å². The van der Waals surface area contributed by atoms with Crippen LogP contribution in [0.25, 0.3) is 0 Å². The lowest BCUT2D eigenvalue weighted by Gasteiger charge is -2.37. The van der Waals surface area contributed by atoms with Gasteiger partial charge in [0.25, 0.3) is 0 Å². The Kier molecular flexibility index (Phi) is 6.88. The Balaban J connectivity index is 1.36. The topological polar surface area (TPSA) is 72.4 Å². The van der Waals surface area contributed by atoms with Crippen LogP contribution in [0.1, 0.15) is 70.3 Å². The third kappa shape index (κ3) is 5.08. The summed E-state index contributed by atoms with van der Waals surface area (Å²) >= 11 is 0. The molecule has 0 radical (unpaired) electrons. The first-order valence-electron chi connectivity index (χ1n) is 11.8. The minimum Gasteiger partial charge on any atom is -0.493 e. The summed E-state index contributed by atoms with van der Waals surface area (Å²) in [5, 5.41) is 7.45. The number of nitrogens with zero attached hydrogens (tertiary/aromatic N) is 2. The number of benzene rings is 1. The average Bonchev–Trinajstić information content (AvgIpc) is 3.45. The van der Waals surface area contributed by atoms with Gasteiger partial charge >= 0.3 is 6.03 Å². The van der Waals surface area contributed by atoms with Gasteiger partial charge in [-0.05, 0) is 50.3 Å². The predicted octanol–water partition coefficient (Wildman–Crippen LogP) is 4.49. The molecule has 1 saturated carbocycles. The summed E-state index contributed by atoms with van der Waals surface area (Å²) in [6.45, 7) is 4.25. The number of ether oxygens (including phenoxy) is 2. The lowest BCUT2D eigenvalue weighted by Crippen LogP contribution is -2.50. The van der Waals surface area contributed by atoms with E-state index in [1.807, 2.05) is 23.1 Å². The zero-order valence-electron chi connectivity index (χ0n) is 18.8. The number of carbonyl (C=O) groups is 1. The lowest BCUT2D eigenvalue weighted by molar-refractivity contribution is -0.0550. The van der Waals surface area contributed by atoms with Crippen molar-refractivity contribution in [1.82, 2.24) is 10.2 Å². The van der Waals surface area contributed by atoms with Gasteiger partial charge in [0.1, 0.15) is 5.60 Å². The van der Waals surface area contributed by atoms with Crippen LogP contribution in [0, 0.1) is 0 Å². The molecular formula is C24H35N3O4. The largest absolute Gasteiger partial charge is 0.493 e. The Morgan fingerprint density at radius 3 is 2.74 bits per heavy atom. The predicted molar refractivity (Wildman–Crippen MR) is 120 cm³/mol. The fourth-order valence-electron chi connectivity index (χ4n) is 4.68. The highest BCUT2D eigenvalue weighted by atomic mass is 16.7. The van der Waals surface area contributed by atoms with Crippen molar-refractivity contribution in [3.63, 3.8) is 0 Å². The summed E-state index contributed by atoms with van der Waals surface area (Å²) in [4.78, 5) is 20.2. The maximum Gasteiger partial charge on any atom is 0.317 e. The van der Waals surface area contributed by atoms with E-state index in [4.69, 9.17) is 14.3 Å². The van der Waals surface area contributed by atoms with Crippen LogP contribution < -0.4 is 14.8 Å². The van der Waals surface area contributed by atoms with Gasteiger partial charge in [-0.25, -0.2) is 4.79 Å². The number of likely N-dealkylation sites (tertiary alicyclic amines) is 1. The molecular weight excluding hydrogens is 394 g/mol. The number of oxime groups is 1. The first-order valence-corrected chi connectivity index (χ1v) is 11.8. The number of piperidine rings is 1. The summed E-state index contributed by atoms with van der Waals surface area (Å²) in [6.07, 6.45) is 9.36. The fourth-order valence-corrected chi connectivity index (χ4v) is 4.68. The summed E-state index contributed by atoms with van der Waals surface area (Å²) in [5.74, 6) is 1.54. The third-order valence-electron chi connectivity index (χ3n) is 6.70. The molecule has 0 aromatic heterocycles. The van der Waals surface area contributed by atoms with Gasteiger partial charge in [0.15, 0.2) is 11.5 Å². The first-order chi connectivity index (χ1) is 15.1. The smallest absolute Gasteiger partial charge is 0.317 e. The summed E-state index contributed by atoms with van der Waals surface area (Å²) in [5.41, 5.74) is 1.66. The number of rotatable bonds is 7. The first kappa shape index (κ1) is 21.8. The number of hydrogen-bond donors (Lipinski definition) is 1. The van der Waals surface area contributed by atoms with Crippen LogP contribution in [-0.2, 0) is 4.84 Å². The van der Waals surface area contributed by atoms with Crippen LogP contribution in [0.4, 0.5) is 4.79 Å². The number of amides is 2. The molecule has 7 heteroatoms. The number of carbonyl (C=O) groups excluding carboxylic acids is 1. The molecule has 0 bridgehead atoms. The van der Waals surface area contributed by atoms with E-state index in [9.17, 15) is 4.79 Å². The molecule has 7 nitrogen and oxygen atoms in total. The van der Waals surface area contributed by atoms with E-state index >= 15 is 0 Å². The van der Waals surface area contributed by atoms with Crippen molar-refractivity contribution in [3.05, 3.63) is 23.8 Å². The molecule has 1 saturated heterocycles. The average molecular weight is 430 g/mol. The van der Waals surface area contributed by atoms with Crippen molar-refractivity contribution in [3.8, 4) is 11.5 Å².